The molecule has 0 aliphatic heterocycles. The maximum Gasteiger partial charge on any atom is 0.326 e. The summed E-state index contributed by atoms with van der Waals surface area (Å²) < 4.78 is 5.03. The molecule has 0 aromatic carbocycles. The summed E-state index contributed by atoms with van der Waals surface area (Å²) in [6.07, 6.45) is 0. The van der Waals surface area contributed by atoms with Gasteiger partial charge in [0.25, 0.3) is 0 Å². The van der Waals surface area contributed by atoms with Crippen LogP contribution in [0.1, 0.15) is 34.6 Å². The lowest BCUT2D eigenvalue weighted by Gasteiger charge is -2.29. The molecule has 112 valence electrons. The number of carboxylic acids is 1. The molecule has 0 rings (SSSR count). The van der Waals surface area contributed by atoms with Crippen LogP contribution in [0, 0.1) is 11.3 Å². The fourth-order valence-corrected chi connectivity index (χ4v) is 1.57. The van der Waals surface area contributed by atoms with Gasteiger partial charge in [-0.1, -0.05) is 34.6 Å². The molecule has 2 amide bonds. The number of hydrogen-bond donors (Lipinski definition) is 3. The number of hydrogen-bond acceptors (Lipinski definition) is 3. The summed E-state index contributed by atoms with van der Waals surface area (Å²) in [7, 11) is 1.56. The van der Waals surface area contributed by atoms with E-state index in [4.69, 9.17) is 9.84 Å². The van der Waals surface area contributed by atoms with Gasteiger partial charge in [-0.15, -0.1) is 0 Å². The van der Waals surface area contributed by atoms with Crippen LogP contribution in [-0.4, -0.2) is 42.9 Å². The van der Waals surface area contributed by atoms with Gasteiger partial charge in [0.05, 0.1) is 12.6 Å². The molecule has 19 heavy (non-hydrogen) atoms. The number of ether oxygens (including phenoxy) is 1. The highest BCUT2D eigenvalue weighted by atomic mass is 16.5. The van der Waals surface area contributed by atoms with E-state index in [0.717, 1.165) is 0 Å². The Labute approximate surface area is 114 Å². The van der Waals surface area contributed by atoms with Crippen molar-refractivity contribution < 1.29 is 19.4 Å². The van der Waals surface area contributed by atoms with Crippen LogP contribution < -0.4 is 10.6 Å². The number of amides is 2. The van der Waals surface area contributed by atoms with Crippen LogP contribution in [0.5, 0.6) is 0 Å². The van der Waals surface area contributed by atoms with E-state index < -0.39 is 23.5 Å². The molecule has 0 aliphatic carbocycles. The van der Waals surface area contributed by atoms with Gasteiger partial charge in [0.1, 0.15) is 6.04 Å². The highest BCUT2D eigenvalue weighted by molar-refractivity contribution is 5.83. The molecule has 6 nitrogen and oxygen atoms in total. The van der Waals surface area contributed by atoms with E-state index in [1.807, 2.05) is 13.8 Å². The highest BCUT2D eigenvalue weighted by Crippen LogP contribution is 2.19. The van der Waals surface area contributed by atoms with Crippen LogP contribution in [0.15, 0.2) is 0 Å². The number of carbonyl (C=O) groups excluding carboxylic acids is 1. The van der Waals surface area contributed by atoms with Gasteiger partial charge in [0, 0.05) is 7.11 Å². The van der Waals surface area contributed by atoms with Crippen molar-refractivity contribution in [1.29, 1.82) is 0 Å². The number of urea groups is 1. The molecule has 0 saturated heterocycles. The first-order chi connectivity index (χ1) is 8.59. The van der Waals surface area contributed by atoms with Crippen LogP contribution in [0.3, 0.4) is 0 Å². The predicted octanol–water partition coefficient (Wildman–Crippen LogP) is 1.46. The highest BCUT2D eigenvalue weighted by Gasteiger charge is 2.33. The smallest absolute Gasteiger partial charge is 0.326 e. The quantitative estimate of drug-likeness (QED) is 0.684. The van der Waals surface area contributed by atoms with Crippen molar-refractivity contribution in [3.8, 4) is 0 Å². The summed E-state index contributed by atoms with van der Waals surface area (Å²) in [4.78, 5) is 23.0. The predicted molar refractivity (Wildman–Crippen MR) is 73.0 cm³/mol. The van der Waals surface area contributed by atoms with Crippen LogP contribution >= 0.6 is 0 Å². The largest absolute Gasteiger partial charge is 0.480 e. The Hall–Kier alpha value is -1.30. The van der Waals surface area contributed by atoms with Crippen LogP contribution in [0.25, 0.3) is 0 Å². The number of carbonyl (C=O) groups is 2. The summed E-state index contributed by atoms with van der Waals surface area (Å²) in [5.41, 5.74) is -0.558. The van der Waals surface area contributed by atoms with Crippen molar-refractivity contribution in [3.05, 3.63) is 0 Å². The first-order valence-electron chi connectivity index (χ1n) is 6.38. The number of nitrogens with one attached hydrogen (secondary N) is 2. The Morgan fingerprint density at radius 2 is 1.74 bits per heavy atom. The first kappa shape index (κ1) is 17.7. The number of rotatable bonds is 6. The van der Waals surface area contributed by atoms with Crippen molar-refractivity contribution in [3.63, 3.8) is 0 Å². The molecule has 0 fully saturated rings. The average Bonchev–Trinajstić information content (AvgIpc) is 2.23. The van der Waals surface area contributed by atoms with Crippen molar-refractivity contribution in [2.75, 3.05) is 13.7 Å². The lowest BCUT2D eigenvalue weighted by atomic mass is 9.87. The van der Waals surface area contributed by atoms with Gasteiger partial charge in [-0.25, -0.2) is 9.59 Å². The maximum atomic E-state index is 11.9. The Morgan fingerprint density at radius 1 is 1.21 bits per heavy atom. The SMILES string of the molecule is COCC(NC(=O)N[C@H](C(=O)O)C(C)(C)C)C(C)C. The molecule has 2 atom stereocenters. The summed E-state index contributed by atoms with van der Waals surface area (Å²) in [5, 5.41) is 14.4. The molecule has 0 radical (unpaired) electrons. The van der Waals surface area contributed by atoms with E-state index >= 15 is 0 Å². The maximum absolute atomic E-state index is 11.9. The topological polar surface area (TPSA) is 87.7 Å². The van der Waals surface area contributed by atoms with E-state index in [9.17, 15) is 9.59 Å². The molecule has 3 N–H and O–H groups in total. The van der Waals surface area contributed by atoms with Gasteiger partial charge < -0.3 is 20.5 Å². The zero-order chi connectivity index (χ0) is 15.2. The van der Waals surface area contributed by atoms with Crippen molar-refractivity contribution in [2.24, 2.45) is 11.3 Å². The monoisotopic (exact) mass is 274 g/mol. The second-order valence-corrected chi connectivity index (χ2v) is 6.06. The summed E-state index contributed by atoms with van der Waals surface area (Å²) in [5.74, 6) is -0.848. The van der Waals surface area contributed by atoms with E-state index in [0.29, 0.717) is 6.61 Å². The molecule has 0 spiro atoms. The minimum Gasteiger partial charge on any atom is -0.480 e. The van der Waals surface area contributed by atoms with Gasteiger partial charge in [-0.05, 0) is 11.3 Å². The third-order valence-corrected chi connectivity index (χ3v) is 2.86. The minimum atomic E-state index is -1.05. The van der Waals surface area contributed by atoms with E-state index in [2.05, 4.69) is 10.6 Å². The van der Waals surface area contributed by atoms with Crippen LogP contribution in [0.2, 0.25) is 0 Å². The Balaban J connectivity index is 4.61. The molecule has 0 aliphatic rings. The fourth-order valence-electron chi connectivity index (χ4n) is 1.57. The molecule has 0 aromatic rings. The van der Waals surface area contributed by atoms with Gasteiger partial charge in [-0.2, -0.15) is 0 Å². The molecular weight excluding hydrogens is 248 g/mol. The second-order valence-electron chi connectivity index (χ2n) is 6.06. The third kappa shape index (κ3) is 6.42. The second kappa shape index (κ2) is 7.33. The summed E-state index contributed by atoms with van der Waals surface area (Å²) in [6.45, 7) is 9.60. The van der Waals surface area contributed by atoms with Crippen molar-refractivity contribution in [1.82, 2.24) is 10.6 Å². The lowest BCUT2D eigenvalue weighted by Crippen LogP contribution is -2.55. The van der Waals surface area contributed by atoms with Gasteiger partial charge in [0.15, 0.2) is 0 Å². The normalized spacial score (nSPS) is 14.9. The van der Waals surface area contributed by atoms with Crippen molar-refractivity contribution >= 4 is 12.0 Å². The molecular formula is C13H26N2O4. The molecule has 6 heteroatoms. The van der Waals surface area contributed by atoms with E-state index in [-0.39, 0.29) is 12.0 Å². The Kier molecular flexibility index (Phi) is 6.83. The molecule has 0 heterocycles. The fraction of sp³-hybridized carbons (Fsp3) is 0.846. The third-order valence-electron chi connectivity index (χ3n) is 2.86. The van der Waals surface area contributed by atoms with E-state index in [1.165, 1.54) is 0 Å². The number of methoxy groups -OCH3 is 1. The molecule has 0 bridgehead atoms. The van der Waals surface area contributed by atoms with E-state index in [1.54, 1.807) is 27.9 Å². The van der Waals surface area contributed by atoms with Gasteiger partial charge >= 0.3 is 12.0 Å². The molecule has 0 aromatic heterocycles. The summed E-state index contributed by atoms with van der Waals surface area (Å²) >= 11 is 0. The Morgan fingerprint density at radius 3 is 2.05 bits per heavy atom. The number of aliphatic carboxylic acids is 1. The summed E-state index contributed by atoms with van der Waals surface area (Å²) in [6, 6.07) is -1.58. The van der Waals surface area contributed by atoms with Crippen LogP contribution in [-0.2, 0) is 9.53 Å². The van der Waals surface area contributed by atoms with Gasteiger partial charge in [0.2, 0.25) is 0 Å². The number of carboxylic acid groups (broad SMARTS) is 1. The molecule has 1 unspecified atom stereocenters. The lowest BCUT2D eigenvalue weighted by molar-refractivity contribution is -0.141. The van der Waals surface area contributed by atoms with Crippen LogP contribution in [0.4, 0.5) is 4.79 Å². The first-order valence-corrected chi connectivity index (χ1v) is 6.38. The van der Waals surface area contributed by atoms with Crippen molar-refractivity contribution in [2.45, 2.75) is 46.7 Å². The van der Waals surface area contributed by atoms with Gasteiger partial charge in [-0.3, -0.25) is 0 Å². The average molecular weight is 274 g/mol. The molecule has 0 saturated carbocycles. The zero-order valence-corrected chi connectivity index (χ0v) is 12.6. The standard InChI is InChI=1S/C13H26N2O4/c1-8(2)9(7-19-6)14-12(18)15-10(11(16)17)13(3,4)5/h8-10H,7H2,1-6H3,(H,16,17)(H2,14,15,18)/t9?,10-/m1/s1. The minimum absolute atomic E-state index is 0.153. The zero-order valence-electron chi connectivity index (χ0n) is 12.6. The Bertz CT molecular complexity index is 310.